The fourth-order valence-corrected chi connectivity index (χ4v) is 2.79. The third kappa shape index (κ3) is 15.7. The van der Waals surface area contributed by atoms with Gasteiger partial charge in [-0.05, 0) is 12.5 Å². The Morgan fingerprint density at radius 3 is 1.75 bits per heavy atom. The van der Waals surface area contributed by atoms with Crippen molar-refractivity contribution in [3.8, 4) is 0 Å². The third-order valence-electron chi connectivity index (χ3n) is 3.52. The molecule has 0 aromatic heterocycles. The summed E-state index contributed by atoms with van der Waals surface area (Å²) in [5.74, 6) is 0.00714. The first-order chi connectivity index (χ1) is 9.81. The van der Waals surface area contributed by atoms with Gasteiger partial charge >= 0.3 is 9.76 Å². The standard InChI is InChI=1S/C17H34O2Si/c1-3-5-6-7-8-9-10-11-12-13-14-15-17(18)19-20-16-4-2/h3-16H2,1-2H3. The van der Waals surface area contributed by atoms with Crippen LogP contribution < -0.4 is 0 Å². The molecule has 0 aromatic carbocycles. The Balaban J connectivity index is 3.07. The number of hydrogen-bond donors (Lipinski definition) is 0. The van der Waals surface area contributed by atoms with Crippen molar-refractivity contribution in [3.63, 3.8) is 0 Å². The lowest BCUT2D eigenvalue weighted by Crippen LogP contribution is -2.07. The molecule has 2 radical (unpaired) electrons. The van der Waals surface area contributed by atoms with Crippen LogP contribution in [0.25, 0.3) is 0 Å². The van der Waals surface area contributed by atoms with Gasteiger partial charge in [-0.15, -0.1) is 0 Å². The maximum absolute atomic E-state index is 11.4. The molecule has 0 aliphatic heterocycles. The lowest BCUT2D eigenvalue weighted by Gasteiger charge is -2.03. The van der Waals surface area contributed by atoms with E-state index in [-0.39, 0.29) is 5.97 Å². The zero-order chi connectivity index (χ0) is 14.9. The van der Waals surface area contributed by atoms with Crippen molar-refractivity contribution >= 4 is 15.7 Å². The lowest BCUT2D eigenvalue weighted by atomic mass is 10.1. The highest BCUT2D eigenvalue weighted by atomic mass is 28.2. The molecule has 2 nitrogen and oxygen atoms in total. The molecular formula is C17H34O2Si. The number of unbranched alkanes of at least 4 members (excludes halogenated alkanes) is 10. The zero-order valence-electron chi connectivity index (χ0n) is 13.7. The summed E-state index contributed by atoms with van der Waals surface area (Å²) in [6.07, 6.45) is 16.3. The predicted octanol–water partition coefficient (Wildman–Crippen LogP) is 5.68. The minimum absolute atomic E-state index is 0.00714. The van der Waals surface area contributed by atoms with Crippen molar-refractivity contribution in [3.05, 3.63) is 0 Å². The van der Waals surface area contributed by atoms with Crippen molar-refractivity contribution in [1.82, 2.24) is 0 Å². The van der Waals surface area contributed by atoms with Crippen LogP contribution in [0.5, 0.6) is 0 Å². The van der Waals surface area contributed by atoms with Gasteiger partial charge in [0.1, 0.15) is 0 Å². The van der Waals surface area contributed by atoms with Crippen LogP contribution in [0, 0.1) is 0 Å². The highest BCUT2D eigenvalue weighted by Crippen LogP contribution is 2.12. The first-order valence-electron chi connectivity index (χ1n) is 8.73. The van der Waals surface area contributed by atoms with Crippen LogP contribution in [0.3, 0.4) is 0 Å². The molecule has 0 atom stereocenters. The SMILES string of the molecule is CCCCCCCCCCCCCC(=O)O[Si]CCC. The van der Waals surface area contributed by atoms with Gasteiger partial charge in [-0.1, -0.05) is 84.5 Å². The number of hydrogen-bond acceptors (Lipinski definition) is 2. The van der Waals surface area contributed by atoms with Crippen molar-refractivity contribution < 1.29 is 9.22 Å². The summed E-state index contributed by atoms with van der Waals surface area (Å²) < 4.78 is 5.16. The summed E-state index contributed by atoms with van der Waals surface area (Å²) in [4.78, 5) is 11.4. The zero-order valence-corrected chi connectivity index (χ0v) is 14.7. The highest BCUT2D eigenvalue weighted by molar-refractivity contribution is 6.30. The van der Waals surface area contributed by atoms with Crippen molar-refractivity contribution in [1.29, 1.82) is 0 Å². The van der Waals surface area contributed by atoms with Gasteiger partial charge in [-0.3, -0.25) is 4.79 Å². The molecule has 0 saturated carbocycles. The van der Waals surface area contributed by atoms with E-state index in [0.717, 1.165) is 18.9 Å². The molecule has 0 heterocycles. The smallest absolute Gasteiger partial charge is 0.314 e. The van der Waals surface area contributed by atoms with Gasteiger partial charge in [0.15, 0.2) is 0 Å². The van der Waals surface area contributed by atoms with Crippen LogP contribution in [0.15, 0.2) is 0 Å². The van der Waals surface area contributed by atoms with Crippen LogP contribution in [-0.4, -0.2) is 15.7 Å². The summed E-state index contributed by atoms with van der Waals surface area (Å²) in [7, 11) is 0.374. The van der Waals surface area contributed by atoms with E-state index in [2.05, 4.69) is 13.8 Å². The molecule has 3 heteroatoms. The monoisotopic (exact) mass is 298 g/mol. The molecule has 0 fully saturated rings. The maximum Gasteiger partial charge on any atom is 0.314 e. The quantitative estimate of drug-likeness (QED) is 0.287. The van der Waals surface area contributed by atoms with E-state index in [1.54, 1.807) is 0 Å². The Bertz CT molecular complexity index is 207. The molecule has 0 aliphatic carbocycles. The van der Waals surface area contributed by atoms with Gasteiger partial charge < -0.3 is 4.43 Å². The first kappa shape index (κ1) is 19.7. The molecule has 0 saturated heterocycles. The molecule has 0 N–H and O–H groups in total. The summed E-state index contributed by atoms with van der Waals surface area (Å²) in [6.45, 7) is 4.38. The fourth-order valence-electron chi connectivity index (χ4n) is 2.22. The Morgan fingerprint density at radius 2 is 1.25 bits per heavy atom. The van der Waals surface area contributed by atoms with Crippen molar-refractivity contribution in [2.75, 3.05) is 0 Å². The van der Waals surface area contributed by atoms with Crippen molar-refractivity contribution in [2.24, 2.45) is 0 Å². The molecular weight excluding hydrogens is 264 g/mol. The van der Waals surface area contributed by atoms with Gasteiger partial charge in [-0.2, -0.15) is 0 Å². The molecule has 0 bridgehead atoms. The Kier molecular flexibility index (Phi) is 16.5. The Morgan fingerprint density at radius 1 is 0.750 bits per heavy atom. The summed E-state index contributed by atoms with van der Waals surface area (Å²) in [5.41, 5.74) is 0. The highest BCUT2D eigenvalue weighted by Gasteiger charge is 2.02. The summed E-state index contributed by atoms with van der Waals surface area (Å²) in [6, 6.07) is 1.02. The molecule has 0 aliphatic rings. The number of carbonyl (C=O) groups is 1. The molecule has 0 amide bonds. The van der Waals surface area contributed by atoms with Crippen LogP contribution in [0.2, 0.25) is 6.04 Å². The predicted molar refractivity (Wildman–Crippen MR) is 88.0 cm³/mol. The van der Waals surface area contributed by atoms with E-state index in [4.69, 9.17) is 4.43 Å². The van der Waals surface area contributed by atoms with Gasteiger partial charge in [0.2, 0.25) is 0 Å². The van der Waals surface area contributed by atoms with Crippen LogP contribution in [-0.2, 0) is 9.22 Å². The average molecular weight is 299 g/mol. The van der Waals surface area contributed by atoms with Crippen LogP contribution >= 0.6 is 0 Å². The van der Waals surface area contributed by atoms with E-state index in [1.165, 1.54) is 64.2 Å². The normalized spacial score (nSPS) is 10.7. The molecule has 0 aromatic rings. The van der Waals surface area contributed by atoms with Crippen molar-refractivity contribution in [2.45, 2.75) is 103 Å². The average Bonchev–Trinajstić information content (AvgIpc) is 2.45. The second kappa shape index (κ2) is 16.7. The first-order valence-corrected chi connectivity index (χ1v) is 9.85. The maximum atomic E-state index is 11.4. The second-order valence-corrected chi connectivity index (χ2v) is 6.65. The topological polar surface area (TPSA) is 26.3 Å². The third-order valence-corrected chi connectivity index (χ3v) is 4.60. The van der Waals surface area contributed by atoms with E-state index >= 15 is 0 Å². The van der Waals surface area contributed by atoms with Crippen LogP contribution in [0.1, 0.15) is 97.3 Å². The lowest BCUT2D eigenvalue weighted by molar-refractivity contribution is -0.134. The second-order valence-electron chi connectivity index (χ2n) is 5.65. The molecule has 0 unspecified atom stereocenters. The largest absolute Gasteiger partial charge is 0.516 e. The van der Waals surface area contributed by atoms with E-state index in [1.807, 2.05) is 0 Å². The number of carbonyl (C=O) groups excluding carboxylic acids is 1. The summed E-state index contributed by atoms with van der Waals surface area (Å²) >= 11 is 0. The number of rotatable bonds is 15. The molecule has 0 rings (SSSR count). The van der Waals surface area contributed by atoms with Gasteiger partial charge in [0.25, 0.3) is 5.97 Å². The van der Waals surface area contributed by atoms with E-state index in [9.17, 15) is 4.79 Å². The Hall–Kier alpha value is -0.313. The minimum Gasteiger partial charge on any atom is -0.516 e. The summed E-state index contributed by atoms with van der Waals surface area (Å²) in [5, 5.41) is 0. The molecule has 20 heavy (non-hydrogen) atoms. The van der Waals surface area contributed by atoms with Gasteiger partial charge in [-0.25, -0.2) is 0 Å². The van der Waals surface area contributed by atoms with Gasteiger partial charge in [0, 0.05) is 6.42 Å². The molecule has 0 spiro atoms. The van der Waals surface area contributed by atoms with Crippen LogP contribution in [0.4, 0.5) is 0 Å². The van der Waals surface area contributed by atoms with E-state index < -0.39 is 0 Å². The Labute approximate surface area is 129 Å². The van der Waals surface area contributed by atoms with Gasteiger partial charge in [0.05, 0.1) is 0 Å². The minimum atomic E-state index is 0.00714. The fraction of sp³-hybridized carbons (Fsp3) is 0.941. The van der Waals surface area contributed by atoms with E-state index in [0.29, 0.717) is 16.2 Å². The molecule has 118 valence electrons.